The van der Waals surface area contributed by atoms with Gasteiger partial charge in [0.15, 0.2) is 5.78 Å². The number of aromatic hydroxyl groups is 1. The Balaban J connectivity index is 2.32. The number of rotatable bonds is 9. The van der Waals surface area contributed by atoms with Crippen LogP contribution in [0.4, 0.5) is 0 Å². The fraction of sp³-hybridized carbons (Fsp3) is 0.435. The summed E-state index contributed by atoms with van der Waals surface area (Å²) in [7, 11) is 0. The van der Waals surface area contributed by atoms with Crippen LogP contribution in [0.1, 0.15) is 57.5 Å². The van der Waals surface area contributed by atoms with Crippen LogP contribution in [-0.4, -0.2) is 29.2 Å². The molecule has 0 saturated heterocycles. The van der Waals surface area contributed by atoms with Crippen LogP contribution < -0.4 is 14.2 Å². The number of phenolic OH excluding ortho intramolecular Hbond substituents is 1. The molecule has 0 amide bonds. The van der Waals surface area contributed by atoms with Gasteiger partial charge in [0.1, 0.15) is 23.0 Å². The van der Waals surface area contributed by atoms with E-state index in [1.54, 1.807) is 18.2 Å². The van der Waals surface area contributed by atoms with Gasteiger partial charge in [0.05, 0.1) is 28.3 Å². The molecule has 1 N–H and O–H groups in total. The maximum absolute atomic E-state index is 12.9. The van der Waals surface area contributed by atoms with E-state index in [2.05, 4.69) is 15.9 Å². The number of phenols is 1. The topological polar surface area (TPSA) is 65.0 Å². The molecule has 0 bridgehead atoms. The lowest BCUT2D eigenvalue weighted by molar-refractivity contribution is 0.0988. The average Bonchev–Trinajstić information content (AvgIpc) is 2.57. The highest BCUT2D eigenvalue weighted by atomic mass is 79.9. The highest BCUT2D eigenvalue weighted by Crippen LogP contribution is 2.35. The largest absolute Gasteiger partial charge is 0.507 e. The van der Waals surface area contributed by atoms with Crippen LogP contribution in [0.3, 0.4) is 0 Å². The Kier molecular flexibility index (Phi) is 7.96. The zero-order valence-corrected chi connectivity index (χ0v) is 19.4. The summed E-state index contributed by atoms with van der Waals surface area (Å²) in [4.78, 5) is 12.9. The maximum atomic E-state index is 12.9. The van der Waals surface area contributed by atoms with Crippen molar-refractivity contribution in [1.29, 1.82) is 0 Å². The minimum Gasteiger partial charge on any atom is -0.507 e. The molecule has 0 aliphatic heterocycles. The molecule has 0 unspecified atom stereocenters. The smallest absolute Gasteiger partial charge is 0.171 e. The lowest BCUT2D eigenvalue weighted by Crippen LogP contribution is -2.12. The van der Waals surface area contributed by atoms with Gasteiger partial charge < -0.3 is 19.3 Å². The molecule has 5 nitrogen and oxygen atoms in total. The van der Waals surface area contributed by atoms with Crippen molar-refractivity contribution in [3.8, 4) is 23.0 Å². The van der Waals surface area contributed by atoms with Crippen molar-refractivity contribution in [2.75, 3.05) is 0 Å². The second-order valence-corrected chi connectivity index (χ2v) is 8.52. The molecule has 0 aliphatic carbocycles. The van der Waals surface area contributed by atoms with E-state index in [0.717, 1.165) is 4.47 Å². The zero-order valence-electron chi connectivity index (χ0n) is 17.8. The van der Waals surface area contributed by atoms with E-state index in [1.807, 2.05) is 47.6 Å². The molecule has 0 fully saturated rings. The van der Waals surface area contributed by atoms with Crippen LogP contribution in [0, 0.1) is 0 Å². The van der Waals surface area contributed by atoms with E-state index in [4.69, 9.17) is 14.2 Å². The summed E-state index contributed by atoms with van der Waals surface area (Å²) in [6.45, 7) is 11.5. The quantitative estimate of drug-likeness (QED) is 0.465. The number of benzene rings is 2. The molecule has 0 heterocycles. The fourth-order valence-electron chi connectivity index (χ4n) is 2.78. The van der Waals surface area contributed by atoms with E-state index in [1.165, 1.54) is 6.07 Å². The average molecular weight is 465 g/mol. The first-order valence-electron chi connectivity index (χ1n) is 9.75. The minimum absolute atomic E-state index is 0.00852. The molecule has 29 heavy (non-hydrogen) atoms. The summed E-state index contributed by atoms with van der Waals surface area (Å²) in [5.41, 5.74) is 0.962. The molecule has 2 aromatic rings. The number of carbonyl (C=O) groups excluding carboxylic acids is 1. The summed E-state index contributed by atoms with van der Waals surface area (Å²) < 4.78 is 18.0. The third kappa shape index (κ3) is 6.67. The lowest BCUT2D eigenvalue weighted by Gasteiger charge is -2.18. The predicted octanol–water partition coefficient (Wildman–Crippen LogP) is 5.94. The van der Waals surface area contributed by atoms with Crippen LogP contribution in [-0.2, 0) is 6.42 Å². The number of Topliss-reactive ketones (excluding diaryl/α,β-unsaturated/α-hetero) is 1. The van der Waals surface area contributed by atoms with E-state index < -0.39 is 0 Å². The summed E-state index contributed by atoms with van der Waals surface area (Å²) >= 11 is 3.51. The third-order valence-electron chi connectivity index (χ3n) is 3.83. The highest BCUT2D eigenvalue weighted by molar-refractivity contribution is 9.10. The van der Waals surface area contributed by atoms with Gasteiger partial charge in [0.2, 0.25) is 0 Å². The Bertz CT molecular complexity index is 859. The molecule has 6 heteroatoms. The molecule has 0 aliphatic rings. The van der Waals surface area contributed by atoms with Crippen LogP contribution >= 0.6 is 15.9 Å². The highest BCUT2D eigenvalue weighted by Gasteiger charge is 2.19. The molecule has 2 rings (SSSR count). The van der Waals surface area contributed by atoms with Gasteiger partial charge in [-0.05, 0) is 75.7 Å². The number of ketones is 1. The minimum atomic E-state index is -0.211. The first kappa shape index (κ1) is 23.1. The van der Waals surface area contributed by atoms with Crippen molar-refractivity contribution in [3.63, 3.8) is 0 Å². The van der Waals surface area contributed by atoms with Crippen LogP contribution in [0.2, 0.25) is 0 Å². The molecule has 0 atom stereocenters. The maximum Gasteiger partial charge on any atom is 0.171 e. The Labute approximate surface area is 181 Å². The van der Waals surface area contributed by atoms with Crippen molar-refractivity contribution in [2.24, 2.45) is 0 Å². The van der Waals surface area contributed by atoms with Gasteiger partial charge in [-0.15, -0.1) is 0 Å². The second kappa shape index (κ2) is 10.0. The molecule has 0 aromatic heterocycles. The monoisotopic (exact) mass is 464 g/mol. The van der Waals surface area contributed by atoms with Gasteiger partial charge >= 0.3 is 0 Å². The van der Waals surface area contributed by atoms with Crippen LogP contribution in [0.5, 0.6) is 23.0 Å². The van der Waals surface area contributed by atoms with Crippen LogP contribution in [0.15, 0.2) is 34.8 Å². The van der Waals surface area contributed by atoms with Crippen molar-refractivity contribution in [3.05, 3.63) is 45.9 Å². The number of carbonyl (C=O) groups is 1. The SMILES string of the molecule is CC(C)Oc1ccc(C(=O)Cc2cc(Br)c(OC(C)C)cc2OC(C)C)c(O)c1. The van der Waals surface area contributed by atoms with E-state index in [9.17, 15) is 9.90 Å². The van der Waals surface area contributed by atoms with Crippen molar-refractivity contribution >= 4 is 21.7 Å². The van der Waals surface area contributed by atoms with E-state index in [-0.39, 0.29) is 41.8 Å². The Morgan fingerprint density at radius 3 is 2.03 bits per heavy atom. The third-order valence-corrected chi connectivity index (χ3v) is 4.45. The van der Waals surface area contributed by atoms with E-state index >= 15 is 0 Å². The Morgan fingerprint density at radius 1 is 0.897 bits per heavy atom. The molecular weight excluding hydrogens is 436 g/mol. The molecule has 0 radical (unpaired) electrons. The van der Waals surface area contributed by atoms with Crippen molar-refractivity contribution in [2.45, 2.75) is 66.3 Å². The number of hydrogen-bond acceptors (Lipinski definition) is 5. The molecule has 0 saturated carbocycles. The van der Waals surface area contributed by atoms with E-state index in [0.29, 0.717) is 22.8 Å². The molecule has 2 aromatic carbocycles. The fourth-order valence-corrected chi connectivity index (χ4v) is 3.27. The van der Waals surface area contributed by atoms with Gasteiger partial charge in [-0.3, -0.25) is 4.79 Å². The molecular formula is C23H29BrO5. The normalized spacial score (nSPS) is 11.2. The van der Waals surface area contributed by atoms with Gasteiger partial charge in [0, 0.05) is 24.1 Å². The standard InChI is InChI=1S/C23H29BrO5/c1-13(2)27-17-7-8-18(21(26)11-17)20(25)10-16-9-19(24)23(29-15(5)6)12-22(16)28-14(3)4/h7-9,11-15,26H,10H2,1-6H3. The summed E-state index contributed by atoms with van der Waals surface area (Å²) in [5, 5.41) is 10.3. The molecule has 158 valence electrons. The van der Waals surface area contributed by atoms with Gasteiger partial charge in [-0.1, -0.05) is 0 Å². The van der Waals surface area contributed by atoms with Gasteiger partial charge in [-0.25, -0.2) is 0 Å². The van der Waals surface area contributed by atoms with Crippen molar-refractivity contribution < 1.29 is 24.1 Å². The van der Waals surface area contributed by atoms with Gasteiger partial charge in [0.25, 0.3) is 0 Å². The summed E-state index contributed by atoms with van der Waals surface area (Å²) in [6, 6.07) is 8.37. The predicted molar refractivity (Wildman–Crippen MR) is 118 cm³/mol. The Hall–Kier alpha value is -2.21. The first-order valence-corrected chi connectivity index (χ1v) is 10.5. The summed E-state index contributed by atoms with van der Waals surface area (Å²) in [5.74, 6) is 1.46. The van der Waals surface area contributed by atoms with Crippen molar-refractivity contribution in [1.82, 2.24) is 0 Å². The number of hydrogen-bond donors (Lipinski definition) is 1. The summed E-state index contributed by atoms with van der Waals surface area (Å²) in [6.07, 6.45) is 0.0169. The lowest BCUT2D eigenvalue weighted by atomic mass is 10.0. The zero-order chi connectivity index (χ0) is 21.7. The number of halogens is 1. The second-order valence-electron chi connectivity index (χ2n) is 7.67. The van der Waals surface area contributed by atoms with Gasteiger partial charge in [-0.2, -0.15) is 0 Å². The Morgan fingerprint density at radius 2 is 1.48 bits per heavy atom. The number of ether oxygens (including phenoxy) is 3. The molecule has 0 spiro atoms. The first-order chi connectivity index (χ1) is 13.6. The van der Waals surface area contributed by atoms with Crippen LogP contribution in [0.25, 0.3) is 0 Å².